The molecule has 4 aromatic rings. The van der Waals surface area contributed by atoms with Gasteiger partial charge in [0.2, 0.25) is 0 Å². The number of hydrogen-bond donors (Lipinski definition) is 1. The summed E-state index contributed by atoms with van der Waals surface area (Å²) in [4.78, 5) is 25.2. The highest BCUT2D eigenvalue weighted by Crippen LogP contribution is 2.37. The van der Waals surface area contributed by atoms with E-state index >= 15 is 0 Å². The number of para-hydroxylation sites is 1. The number of hydrazone groups is 1. The van der Waals surface area contributed by atoms with Crippen molar-refractivity contribution in [3.8, 4) is 17.2 Å². The van der Waals surface area contributed by atoms with Crippen LogP contribution in [0.3, 0.4) is 0 Å². The summed E-state index contributed by atoms with van der Waals surface area (Å²) >= 11 is 7.66. The molecule has 1 aromatic heterocycles. The van der Waals surface area contributed by atoms with Gasteiger partial charge in [-0.25, -0.2) is 10.2 Å². The molecule has 9 heteroatoms. The number of allylic oxidation sites excluding steroid dienone is 1. The molecule has 1 N–H and O–H groups in total. The predicted octanol–water partition coefficient (Wildman–Crippen LogP) is 6.04. The first-order valence-corrected chi connectivity index (χ1v) is 12.4. The van der Waals surface area contributed by atoms with Gasteiger partial charge in [0, 0.05) is 10.1 Å². The van der Waals surface area contributed by atoms with Crippen LogP contribution >= 0.6 is 22.9 Å². The topological polar surface area (TPSA) is 86.2 Å². The van der Waals surface area contributed by atoms with Crippen LogP contribution in [0.2, 0.25) is 5.02 Å². The Morgan fingerprint density at radius 2 is 1.84 bits per heavy atom. The fourth-order valence-electron chi connectivity index (χ4n) is 3.46. The highest BCUT2D eigenvalue weighted by Gasteiger charge is 2.20. The van der Waals surface area contributed by atoms with E-state index in [1.165, 1.54) is 24.7 Å². The highest BCUT2D eigenvalue weighted by molar-refractivity contribution is 7.21. The Morgan fingerprint density at radius 3 is 2.62 bits per heavy atom. The molecule has 0 aliphatic rings. The SMILES string of the molecule is C=CCc1ccccc1OCC(=O)N/N=C/c1ccc(OC(=O)c2sc3ccccc3c2Cl)c(OC)c1. The molecular weight excluding hydrogens is 512 g/mol. The predicted molar refractivity (Wildman–Crippen MR) is 146 cm³/mol. The Bertz CT molecular complexity index is 1480. The second-order valence-electron chi connectivity index (χ2n) is 7.72. The number of amides is 1. The third-order valence-electron chi connectivity index (χ3n) is 5.21. The summed E-state index contributed by atoms with van der Waals surface area (Å²) in [7, 11) is 1.46. The molecule has 1 amide bonds. The van der Waals surface area contributed by atoms with E-state index in [1.54, 1.807) is 30.3 Å². The number of methoxy groups -OCH3 is 1. The second kappa shape index (κ2) is 12.2. The number of hydrogen-bond acceptors (Lipinski definition) is 7. The average Bonchev–Trinajstić information content (AvgIpc) is 3.25. The summed E-state index contributed by atoms with van der Waals surface area (Å²) in [6.45, 7) is 3.54. The Kier molecular flexibility index (Phi) is 8.56. The molecule has 0 aliphatic heterocycles. The quantitative estimate of drug-likeness (QED) is 0.0881. The molecular formula is C28H23ClN2O5S. The van der Waals surface area contributed by atoms with E-state index in [4.69, 9.17) is 25.8 Å². The second-order valence-corrected chi connectivity index (χ2v) is 9.15. The monoisotopic (exact) mass is 534 g/mol. The number of halogens is 1. The van der Waals surface area contributed by atoms with Gasteiger partial charge < -0.3 is 14.2 Å². The summed E-state index contributed by atoms with van der Waals surface area (Å²) in [5.41, 5.74) is 3.98. The smallest absolute Gasteiger partial charge is 0.355 e. The van der Waals surface area contributed by atoms with Gasteiger partial charge in [-0.15, -0.1) is 17.9 Å². The van der Waals surface area contributed by atoms with E-state index in [0.717, 1.165) is 15.6 Å². The van der Waals surface area contributed by atoms with Crippen LogP contribution in [0.1, 0.15) is 20.8 Å². The lowest BCUT2D eigenvalue weighted by Gasteiger charge is -2.10. The molecule has 0 spiro atoms. The molecule has 0 bridgehead atoms. The molecule has 0 unspecified atom stereocenters. The maximum atomic E-state index is 12.8. The maximum Gasteiger partial charge on any atom is 0.355 e. The number of fused-ring (bicyclic) bond motifs is 1. The van der Waals surface area contributed by atoms with Gasteiger partial charge in [-0.05, 0) is 47.9 Å². The molecule has 0 radical (unpaired) electrons. The molecule has 0 fully saturated rings. The third-order valence-corrected chi connectivity index (χ3v) is 6.86. The van der Waals surface area contributed by atoms with E-state index in [1.807, 2.05) is 42.5 Å². The number of benzene rings is 3. The summed E-state index contributed by atoms with van der Waals surface area (Å²) in [5, 5.41) is 5.12. The zero-order valence-corrected chi connectivity index (χ0v) is 21.5. The van der Waals surface area contributed by atoms with E-state index in [-0.39, 0.29) is 12.4 Å². The molecule has 188 valence electrons. The number of rotatable bonds is 10. The van der Waals surface area contributed by atoms with Gasteiger partial charge in [0.1, 0.15) is 10.6 Å². The number of esters is 1. The number of carbonyl (C=O) groups is 2. The number of carbonyl (C=O) groups excluding carboxylic acids is 2. The van der Waals surface area contributed by atoms with Crippen LogP contribution in [-0.4, -0.2) is 31.8 Å². The first kappa shape index (κ1) is 25.9. The van der Waals surface area contributed by atoms with E-state index in [2.05, 4.69) is 17.1 Å². The number of nitrogens with one attached hydrogen (secondary N) is 1. The van der Waals surface area contributed by atoms with Crippen LogP contribution in [0.25, 0.3) is 10.1 Å². The molecule has 1 heterocycles. The largest absolute Gasteiger partial charge is 0.493 e. The lowest BCUT2D eigenvalue weighted by Crippen LogP contribution is -2.24. The van der Waals surface area contributed by atoms with Gasteiger partial charge in [0.25, 0.3) is 5.91 Å². The highest BCUT2D eigenvalue weighted by atomic mass is 35.5. The van der Waals surface area contributed by atoms with Crippen LogP contribution in [-0.2, 0) is 11.2 Å². The van der Waals surface area contributed by atoms with Crippen LogP contribution in [0.4, 0.5) is 0 Å². The number of ether oxygens (including phenoxy) is 3. The number of nitrogens with zero attached hydrogens (tertiary/aromatic N) is 1. The summed E-state index contributed by atoms with van der Waals surface area (Å²) < 4.78 is 17.4. The molecule has 3 aromatic carbocycles. The Hall–Kier alpha value is -4.14. The molecule has 0 saturated carbocycles. The minimum absolute atomic E-state index is 0.190. The Balaban J connectivity index is 1.36. The molecule has 0 atom stereocenters. The van der Waals surface area contributed by atoms with Crippen molar-refractivity contribution in [1.29, 1.82) is 0 Å². The van der Waals surface area contributed by atoms with Crippen molar-refractivity contribution in [3.05, 3.63) is 100 Å². The third kappa shape index (κ3) is 6.35. The Morgan fingerprint density at radius 1 is 1.05 bits per heavy atom. The van der Waals surface area contributed by atoms with Crippen molar-refractivity contribution in [2.45, 2.75) is 6.42 Å². The molecule has 0 saturated heterocycles. The molecule has 37 heavy (non-hydrogen) atoms. The standard InChI is InChI=1S/C28H23ClN2O5S/c1-3-8-19-9-4-6-11-21(19)35-17-25(32)31-30-16-18-13-14-22(23(15-18)34-2)36-28(33)27-26(29)20-10-5-7-12-24(20)37-27/h3-7,9-16H,1,8,17H2,2H3,(H,31,32)/b30-16+. The number of thiophene rings is 1. The van der Waals surface area contributed by atoms with Crippen LogP contribution < -0.4 is 19.6 Å². The summed E-state index contributed by atoms with van der Waals surface area (Å²) in [5.74, 6) is 0.181. The lowest BCUT2D eigenvalue weighted by molar-refractivity contribution is -0.123. The van der Waals surface area contributed by atoms with Gasteiger partial charge in [-0.2, -0.15) is 5.10 Å². The van der Waals surface area contributed by atoms with Gasteiger partial charge in [-0.3, -0.25) is 4.79 Å². The zero-order valence-electron chi connectivity index (χ0n) is 19.9. The van der Waals surface area contributed by atoms with E-state index in [0.29, 0.717) is 33.4 Å². The minimum atomic E-state index is -0.576. The fraction of sp³-hybridized carbons (Fsp3) is 0.107. The summed E-state index contributed by atoms with van der Waals surface area (Å²) in [6, 6.07) is 19.8. The summed E-state index contributed by atoms with van der Waals surface area (Å²) in [6.07, 6.45) is 3.85. The van der Waals surface area contributed by atoms with Crippen molar-refractivity contribution in [3.63, 3.8) is 0 Å². The average molecular weight is 535 g/mol. The van der Waals surface area contributed by atoms with Gasteiger partial charge >= 0.3 is 5.97 Å². The van der Waals surface area contributed by atoms with Gasteiger partial charge in [0.05, 0.1) is 18.3 Å². The van der Waals surface area contributed by atoms with E-state index < -0.39 is 11.9 Å². The molecule has 7 nitrogen and oxygen atoms in total. The van der Waals surface area contributed by atoms with Crippen molar-refractivity contribution in [2.24, 2.45) is 5.10 Å². The van der Waals surface area contributed by atoms with Crippen molar-refractivity contribution in [2.75, 3.05) is 13.7 Å². The molecule has 0 aliphatic carbocycles. The molecule has 4 rings (SSSR count). The van der Waals surface area contributed by atoms with E-state index in [9.17, 15) is 9.59 Å². The zero-order chi connectivity index (χ0) is 26.2. The first-order valence-electron chi connectivity index (χ1n) is 11.2. The maximum absolute atomic E-state index is 12.8. The van der Waals surface area contributed by atoms with Crippen molar-refractivity contribution >= 4 is 51.1 Å². The van der Waals surface area contributed by atoms with Gasteiger partial charge in [-0.1, -0.05) is 54.1 Å². The van der Waals surface area contributed by atoms with Gasteiger partial charge in [0.15, 0.2) is 18.1 Å². The fourth-order valence-corrected chi connectivity index (χ4v) is 4.85. The first-order chi connectivity index (χ1) is 18.0. The van der Waals surface area contributed by atoms with Crippen molar-refractivity contribution < 1.29 is 23.8 Å². The van der Waals surface area contributed by atoms with Crippen LogP contribution in [0.15, 0.2) is 84.5 Å². The lowest BCUT2D eigenvalue weighted by atomic mass is 10.1. The van der Waals surface area contributed by atoms with Crippen molar-refractivity contribution in [1.82, 2.24) is 5.43 Å². The van der Waals surface area contributed by atoms with Crippen LogP contribution in [0.5, 0.6) is 17.2 Å². The van der Waals surface area contributed by atoms with Crippen LogP contribution in [0, 0.1) is 0 Å². The normalized spacial score (nSPS) is 10.9. The minimum Gasteiger partial charge on any atom is -0.493 e. The Labute approximate surface area is 222 Å².